The van der Waals surface area contributed by atoms with Crippen LogP contribution in [0.4, 0.5) is 17.1 Å². The molecule has 0 fully saturated rings. The van der Waals surface area contributed by atoms with Gasteiger partial charge in [0, 0.05) is 28.8 Å². The van der Waals surface area contributed by atoms with E-state index in [1.54, 1.807) is 6.07 Å². The standard InChI is InChI=1S/C28H22N4O4S/c1-2-36-21-13-11-18(12-14-21)23-16-22(17-7-4-3-5-8-17)24-25(29)26(37-28(24)31-23)27(33)30-19-9-6-10-20(15-19)32(34)35/h3-16H,2,29H2,1H3,(H,30,33). The predicted molar refractivity (Wildman–Crippen MR) is 147 cm³/mol. The van der Waals surface area contributed by atoms with Crippen molar-refractivity contribution in [3.8, 4) is 28.1 Å². The third kappa shape index (κ3) is 4.85. The summed E-state index contributed by atoms with van der Waals surface area (Å²) < 4.78 is 5.56. The minimum atomic E-state index is -0.512. The summed E-state index contributed by atoms with van der Waals surface area (Å²) in [5.74, 6) is 0.318. The van der Waals surface area contributed by atoms with Gasteiger partial charge in [0.15, 0.2) is 0 Å². The molecule has 0 aliphatic rings. The number of pyridine rings is 1. The van der Waals surface area contributed by atoms with Crippen molar-refractivity contribution in [1.29, 1.82) is 0 Å². The molecule has 0 aliphatic heterocycles. The topological polar surface area (TPSA) is 120 Å². The lowest BCUT2D eigenvalue weighted by atomic mass is 9.99. The zero-order valence-electron chi connectivity index (χ0n) is 19.8. The van der Waals surface area contributed by atoms with Crippen molar-refractivity contribution in [3.05, 3.63) is 99.9 Å². The highest BCUT2D eigenvalue weighted by atomic mass is 32.1. The number of thiophene rings is 1. The van der Waals surface area contributed by atoms with Gasteiger partial charge in [0.25, 0.3) is 11.6 Å². The van der Waals surface area contributed by atoms with E-state index in [1.165, 1.54) is 29.5 Å². The number of non-ortho nitro benzene ring substituents is 1. The molecule has 0 radical (unpaired) electrons. The summed E-state index contributed by atoms with van der Waals surface area (Å²) in [5, 5.41) is 14.5. The molecule has 2 aromatic heterocycles. The van der Waals surface area contributed by atoms with Crippen LogP contribution in [0.2, 0.25) is 0 Å². The first kappa shape index (κ1) is 24.0. The summed E-state index contributed by atoms with van der Waals surface area (Å²) in [6.07, 6.45) is 0. The fourth-order valence-electron chi connectivity index (χ4n) is 4.06. The number of nitrogens with one attached hydrogen (secondary N) is 1. The van der Waals surface area contributed by atoms with Crippen molar-refractivity contribution in [2.45, 2.75) is 6.92 Å². The molecule has 184 valence electrons. The quantitative estimate of drug-likeness (QED) is 0.184. The van der Waals surface area contributed by atoms with Crippen molar-refractivity contribution >= 4 is 44.5 Å². The number of benzene rings is 3. The molecule has 0 bridgehead atoms. The second-order valence-electron chi connectivity index (χ2n) is 8.17. The van der Waals surface area contributed by atoms with Crippen LogP contribution < -0.4 is 15.8 Å². The van der Waals surface area contributed by atoms with Crippen molar-refractivity contribution in [2.75, 3.05) is 17.7 Å². The molecule has 0 saturated heterocycles. The maximum atomic E-state index is 13.2. The number of hydrogen-bond acceptors (Lipinski definition) is 7. The maximum Gasteiger partial charge on any atom is 0.271 e. The van der Waals surface area contributed by atoms with E-state index in [-0.39, 0.29) is 10.6 Å². The zero-order valence-corrected chi connectivity index (χ0v) is 20.6. The monoisotopic (exact) mass is 510 g/mol. The molecule has 0 unspecified atom stereocenters. The number of carbonyl (C=O) groups is 1. The Balaban J connectivity index is 1.60. The first-order valence-electron chi connectivity index (χ1n) is 11.5. The van der Waals surface area contributed by atoms with Crippen molar-refractivity contribution < 1.29 is 14.5 Å². The van der Waals surface area contributed by atoms with Crippen LogP contribution in [0, 0.1) is 10.1 Å². The van der Waals surface area contributed by atoms with Gasteiger partial charge in [0.05, 0.1) is 22.9 Å². The summed E-state index contributed by atoms with van der Waals surface area (Å²) in [6.45, 7) is 2.51. The first-order chi connectivity index (χ1) is 17.9. The molecule has 0 saturated carbocycles. The molecule has 1 amide bonds. The number of amides is 1. The van der Waals surface area contributed by atoms with E-state index in [1.807, 2.05) is 67.6 Å². The molecule has 0 atom stereocenters. The van der Waals surface area contributed by atoms with Crippen LogP contribution in [0.1, 0.15) is 16.6 Å². The second-order valence-corrected chi connectivity index (χ2v) is 9.16. The number of ether oxygens (including phenoxy) is 1. The molecular formula is C28H22N4O4S. The molecular weight excluding hydrogens is 488 g/mol. The van der Waals surface area contributed by atoms with Crippen LogP contribution in [-0.2, 0) is 0 Å². The normalized spacial score (nSPS) is 10.8. The highest BCUT2D eigenvalue weighted by molar-refractivity contribution is 7.21. The number of nitrogen functional groups attached to an aromatic ring is 1. The lowest BCUT2D eigenvalue weighted by Gasteiger charge is -2.10. The number of nitrogens with zero attached hydrogens (tertiary/aromatic N) is 2. The number of nitro groups is 1. The zero-order chi connectivity index (χ0) is 25.9. The van der Waals surface area contributed by atoms with Crippen LogP contribution in [0.5, 0.6) is 5.75 Å². The van der Waals surface area contributed by atoms with Gasteiger partial charge in [-0.2, -0.15) is 0 Å². The van der Waals surface area contributed by atoms with Crippen molar-refractivity contribution in [2.24, 2.45) is 0 Å². The maximum absolute atomic E-state index is 13.2. The van der Waals surface area contributed by atoms with Crippen LogP contribution in [0.3, 0.4) is 0 Å². The van der Waals surface area contributed by atoms with Crippen molar-refractivity contribution in [3.63, 3.8) is 0 Å². The summed E-state index contributed by atoms with van der Waals surface area (Å²) >= 11 is 1.18. The Labute approximate surface area is 216 Å². The van der Waals surface area contributed by atoms with Gasteiger partial charge in [0.1, 0.15) is 15.5 Å². The molecule has 3 N–H and O–H groups in total. The number of nitro benzene ring substituents is 1. The van der Waals surface area contributed by atoms with Gasteiger partial charge in [-0.15, -0.1) is 11.3 Å². The average molecular weight is 511 g/mol. The Morgan fingerprint density at radius 2 is 1.78 bits per heavy atom. The minimum Gasteiger partial charge on any atom is -0.494 e. The summed E-state index contributed by atoms with van der Waals surface area (Å²) in [6, 6.07) is 25.2. The highest BCUT2D eigenvalue weighted by Gasteiger charge is 2.22. The Kier molecular flexibility index (Phi) is 6.53. The van der Waals surface area contributed by atoms with Crippen LogP contribution in [0.25, 0.3) is 32.6 Å². The Morgan fingerprint density at radius 1 is 1.03 bits per heavy atom. The highest BCUT2D eigenvalue weighted by Crippen LogP contribution is 2.41. The van der Waals surface area contributed by atoms with Gasteiger partial charge < -0.3 is 15.8 Å². The van der Waals surface area contributed by atoms with E-state index in [4.69, 9.17) is 15.5 Å². The number of nitrogens with two attached hydrogens (primary N) is 1. The van der Waals surface area contributed by atoms with Crippen LogP contribution >= 0.6 is 11.3 Å². The summed E-state index contributed by atoms with van der Waals surface area (Å²) in [4.78, 5) is 29.5. The molecule has 2 heterocycles. The largest absolute Gasteiger partial charge is 0.494 e. The van der Waals surface area contributed by atoms with Gasteiger partial charge in [-0.25, -0.2) is 4.98 Å². The molecule has 0 spiro atoms. The van der Waals surface area contributed by atoms with Gasteiger partial charge in [-0.1, -0.05) is 36.4 Å². The smallest absolute Gasteiger partial charge is 0.271 e. The predicted octanol–water partition coefficient (Wildman–Crippen LogP) is 6.77. The number of hydrogen-bond donors (Lipinski definition) is 2. The molecule has 5 rings (SSSR count). The van der Waals surface area contributed by atoms with E-state index < -0.39 is 10.8 Å². The van der Waals surface area contributed by atoms with E-state index in [0.29, 0.717) is 28.2 Å². The third-order valence-electron chi connectivity index (χ3n) is 5.77. The SMILES string of the molecule is CCOc1ccc(-c2cc(-c3ccccc3)c3c(N)c(C(=O)Nc4cccc([N+](=O)[O-])c4)sc3n2)cc1. The molecule has 8 nitrogen and oxygen atoms in total. The number of fused-ring (bicyclic) bond motifs is 1. The molecule has 3 aromatic carbocycles. The lowest BCUT2D eigenvalue weighted by Crippen LogP contribution is -2.12. The Morgan fingerprint density at radius 3 is 2.49 bits per heavy atom. The first-order valence-corrected chi connectivity index (χ1v) is 12.3. The van der Waals surface area contributed by atoms with Gasteiger partial charge in [-0.3, -0.25) is 14.9 Å². The summed E-state index contributed by atoms with van der Waals surface area (Å²) in [7, 11) is 0. The molecule has 37 heavy (non-hydrogen) atoms. The molecule has 5 aromatic rings. The van der Waals surface area contributed by atoms with Gasteiger partial charge in [-0.05, 0) is 54.4 Å². The fourth-order valence-corrected chi connectivity index (χ4v) is 5.07. The van der Waals surface area contributed by atoms with Crippen molar-refractivity contribution in [1.82, 2.24) is 4.98 Å². The van der Waals surface area contributed by atoms with Gasteiger partial charge in [0.2, 0.25) is 0 Å². The number of anilines is 2. The van der Waals surface area contributed by atoms with E-state index in [9.17, 15) is 14.9 Å². The summed E-state index contributed by atoms with van der Waals surface area (Å²) in [5.41, 5.74) is 10.5. The number of rotatable bonds is 7. The number of aromatic nitrogens is 1. The van der Waals surface area contributed by atoms with Crippen LogP contribution in [0.15, 0.2) is 84.9 Å². The third-order valence-corrected chi connectivity index (χ3v) is 6.86. The average Bonchev–Trinajstić information content (AvgIpc) is 3.26. The minimum absolute atomic E-state index is 0.116. The lowest BCUT2D eigenvalue weighted by molar-refractivity contribution is -0.384. The van der Waals surface area contributed by atoms with Crippen LogP contribution in [-0.4, -0.2) is 22.4 Å². The Bertz CT molecular complexity index is 1620. The van der Waals surface area contributed by atoms with Gasteiger partial charge >= 0.3 is 0 Å². The second kappa shape index (κ2) is 10.1. The number of carbonyl (C=O) groups excluding carboxylic acids is 1. The van der Waals surface area contributed by atoms with E-state index in [0.717, 1.165) is 28.1 Å². The van der Waals surface area contributed by atoms with E-state index in [2.05, 4.69) is 5.32 Å². The molecule has 0 aliphatic carbocycles. The Hall–Kier alpha value is -4.76. The fraction of sp³-hybridized carbons (Fsp3) is 0.0714. The van der Waals surface area contributed by atoms with E-state index >= 15 is 0 Å². The molecule has 9 heteroatoms.